The van der Waals surface area contributed by atoms with Gasteiger partial charge < -0.3 is 14.8 Å². The fourth-order valence-corrected chi connectivity index (χ4v) is 5.16. The molecule has 6 nitrogen and oxygen atoms in total. The lowest BCUT2D eigenvalue weighted by atomic mass is 9.84. The Bertz CT molecular complexity index is 1470. The first-order valence-electron chi connectivity index (χ1n) is 10.5. The molecule has 2 aliphatic rings. The lowest BCUT2D eigenvalue weighted by Gasteiger charge is -2.39. The van der Waals surface area contributed by atoms with Crippen LogP contribution >= 0.6 is 27.5 Å². The van der Waals surface area contributed by atoms with Crippen molar-refractivity contribution in [3.05, 3.63) is 105 Å². The number of anilines is 1. The molecule has 1 N–H and O–H groups in total. The van der Waals surface area contributed by atoms with Crippen molar-refractivity contribution in [2.75, 3.05) is 12.4 Å². The van der Waals surface area contributed by atoms with Crippen molar-refractivity contribution in [2.24, 2.45) is 0 Å². The first-order chi connectivity index (χ1) is 16.5. The maximum absolute atomic E-state index is 15.2. The van der Waals surface area contributed by atoms with Crippen LogP contribution < -0.4 is 14.8 Å². The van der Waals surface area contributed by atoms with Crippen LogP contribution in [0.15, 0.2) is 77.0 Å². The number of nitrogens with one attached hydrogen (secondary N) is 1. The Morgan fingerprint density at radius 1 is 1.12 bits per heavy atom. The number of methoxy groups -OCH3 is 1. The van der Waals surface area contributed by atoms with Gasteiger partial charge in [-0.1, -0.05) is 45.7 Å². The summed E-state index contributed by atoms with van der Waals surface area (Å²) in [7, 11) is 1.61. The van der Waals surface area contributed by atoms with Gasteiger partial charge in [-0.2, -0.15) is 10.1 Å². The normalized spacial score (nSPS) is 18.4. The molecule has 2 atom stereocenters. The summed E-state index contributed by atoms with van der Waals surface area (Å²) >= 11 is 9.93. The topological polar surface area (TPSA) is 61.2 Å². The molecule has 0 fully saturated rings. The fraction of sp³-hybridized carbons (Fsp3) is 0.120. The maximum atomic E-state index is 15.2. The summed E-state index contributed by atoms with van der Waals surface area (Å²) < 4.78 is 30.0. The molecule has 0 aliphatic carbocycles. The molecule has 0 unspecified atom stereocenters. The molecular formula is C25H17BrClFN4O2. The zero-order valence-corrected chi connectivity index (χ0v) is 20.1. The highest BCUT2D eigenvalue weighted by Gasteiger charge is 2.42. The quantitative estimate of drug-likeness (QED) is 0.326. The van der Waals surface area contributed by atoms with Crippen LogP contribution in [0.2, 0.25) is 5.02 Å². The number of hydrogen-bond acceptors (Lipinski definition) is 5. The molecule has 170 valence electrons. The molecule has 0 spiro atoms. The van der Waals surface area contributed by atoms with Crippen molar-refractivity contribution >= 4 is 39.2 Å². The number of fused-ring (bicyclic) bond motifs is 3. The van der Waals surface area contributed by atoms with Crippen molar-refractivity contribution in [1.82, 2.24) is 14.8 Å². The molecule has 9 heteroatoms. The second-order valence-electron chi connectivity index (χ2n) is 7.93. The summed E-state index contributed by atoms with van der Waals surface area (Å²) in [6.07, 6.45) is 0.842. The summed E-state index contributed by atoms with van der Waals surface area (Å²) in [5, 5.41) is 8.38. The van der Waals surface area contributed by atoms with Crippen LogP contribution in [-0.2, 0) is 0 Å². The number of ether oxygens (including phenoxy) is 2. The van der Waals surface area contributed by atoms with Crippen LogP contribution in [0.25, 0.3) is 5.70 Å². The van der Waals surface area contributed by atoms with Crippen LogP contribution in [0.1, 0.15) is 28.8 Å². The molecule has 0 saturated carbocycles. The lowest BCUT2D eigenvalue weighted by molar-refractivity contribution is 0.217. The minimum Gasteiger partial charge on any atom is -0.496 e. The summed E-state index contributed by atoms with van der Waals surface area (Å²) in [6.45, 7) is 0. The zero-order valence-electron chi connectivity index (χ0n) is 17.8. The molecule has 0 radical (unpaired) electrons. The smallest absolute Gasteiger partial charge is 0.226 e. The molecule has 1 aromatic heterocycles. The SMILES string of the molecule is COc1ccc(Br)cc1[C@H]1Oc2ccc(Cl)cc2C2=C1[C@H](c1ccccc1F)n1ncnc1N2. The van der Waals surface area contributed by atoms with Crippen LogP contribution in [0.4, 0.5) is 10.3 Å². The number of nitrogens with zero attached hydrogens (tertiary/aromatic N) is 3. The van der Waals surface area contributed by atoms with Crippen LogP contribution in [0.5, 0.6) is 11.5 Å². The number of hydrogen-bond donors (Lipinski definition) is 1. The van der Waals surface area contributed by atoms with Gasteiger partial charge in [0.2, 0.25) is 5.95 Å². The number of benzene rings is 3. The Hall–Kier alpha value is -3.36. The van der Waals surface area contributed by atoms with E-state index in [1.54, 1.807) is 36.1 Å². The van der Waals surface area contributed by atoms with Gasteiger partial charge in [-0.05, 0) is 42.5 Å². The van der Waals surface area contributed by atoms with E-state index in [1.165, 1.54) is 12.4 Å². The summed E-state index contributed by atoms with van der Waals surface area (Å²) in [4.78, 5) is 4.37. The largest absolute Gasteiger partial charge is 0.496 e. The monoisotopic (exact) mass is 538 g/mol. The summed E-state index contributed by atoms with van der Waals surface area (Å²) in [5.41, 5.74) is 3.54. The predicted octanol–water partition coefficient (Wildman–Crippen LogP) is 6.40. The number of aromatic nitrogens is 3. The van der Waals surface area contributed by atoms with E-state index in [-0.39, 0.29) is 5.82 Å². The van der Waals surface area contributed by atoms with Crippen LogP contribution in [0.3, 0.4) is 0 Å². The Morgan fingerprint density at radius 3 is 2.79 bits per heavy atom. The highest BCUT2D eigenvalue weighted by atomic mass is 79.9. The first kappa shape index (κ1) is 21.2. The van der Waals surface area contributed by atoms with Gasteiger partial charge in [0, 0.05) is 31.8 Å². The van der Waals surface area contributed by atoms with Crippen LogP contribution in [-0.4, -0.2) is 21.9 Å². The van der Waals surface area contributed by atoms with Crippen LogP contribution in [0, 0.1) is 5.82 Å². The minimum absolute atomic E-state index is 0.348. The van der Waals surface area contributed by atoms with Crippen molar-refractivity contribution in [3.8, 4) is 11.5 Å². The van der Waals surface area contributed by atoms with E-state index >= 15 is 4.39 Å². The van der Waals surface area contributed by atoms with Crippen molar-refractivity contribution < 1.29 is 13.9 Å². The summed E-state index contributed by atoms with van der Waals surface area (Å²) in [5.74, 6) is 1.44. The van der Waals surface area contributed by atoms with Crippen molar-refractivity contribution in [1.29, 1.82) is 0 Å². The van der Waals surface area contributed by atoms with Gasteiger partial charge >= 0.3 is 0 Å². The number of rotatable bonds is 3. The minimum atomic E-state index is -0.615. The number of halogens is 3. The van der Waals surface area contributed by atoms with Gasteiger partial charge in [-0.15, -0.1) is 0 Å². The van der Waals surface area contributed by atoms with Gasteiger partial charge in [0.15, 0.2) is 6.10 Å². The van der Waals surface area contributed by atoms with Gasteiger partial charge in [0.25, 0.3) is 0 Å². The van der Waals surface area contributed by atoms with E-state index in [2.05, 4.69) is 31.3 Å². The average Bonchev–Trinajstić information content (AvgIpc) is 3.31. The molecule has 0 bridgehead atoms. The molecule has 2 aliphatic heterocycles. The third-order valence-electron chi connectivity index (χ3n) is 6.05. The Balaban J connectivity index is 1.68. The highest BCUT2D eigenvalue weighted by Crippen LogP contribution is 2.52. The second-order valence-corrected chi connectivity index (χ2v) is 9.28. The van der Waals surface area contributed by atoms with E-state index in [0.717, 1.165) is 26.9 Å². The Labute approximate surface area is 208 Å². The Morgan fingerprint density at radius 2 is 1.97 bits per heavy atom. The molecule has 34 heavy (non-hydrogen) atoms. The molecule has 6 rings (SSSR count). The fourth-order valence-electron chi connectivity index (χ4n) is 4.61. The molecule has 0 saturated heterocycles. The third kappa shape index (κ3) is 3.28. The first-order valence-corrected chi connectivity index (χ1v) is 11.7. The van der Waals surface area contributed by atoms with Crippen molar-refractivity contribution in [3.63, 3.8) is 0 Å². The summed E-state index contributed by atoms with van der Waals surface area (Å²) in [6, 6.07) is 17.2. The van der Waals surface area contributed by atoms with E-state index in [9.17, 15) is 0 Å². The molecular weight excluding hydrogens is 523 g/mol. The predicted molar refractivity (Wildman–Crippen MR) is 131 cm³/mol. The van der Waals surface area contributed by atoms with E-state index in [4.69, 9.17) is 21.1 Å². The molecule has 0 amide bonds. The standard InChI is InChI=1S/C25H17BrClFN4O2/c1-33-19-8-6-13(26)10-17(19)24-21-22(16-11-14(27)7-9-20(16)34-24)31-25-29-12-30-32(25)23(21)15-4-2-3-5-18(15)28/h2-12,23-24H,1H3,(H,29,30,31)/t23-,24+/m0/s1. The van der Waals surface area contributed by atoms with Crippen molar-refractivity contribution in [2.45, 2.75) is 12.1 Å². The van der Waals surface area contributed by atoms with Gasteiger partial charge in [0.05, 0.1) is 12.8 Å². The van der Waals surface area contributed by atoms with Gasteiger partial charge in [-0.25, -0.2) is 9.07 Å². The average molecular weight is 540 g/mol. The molecule has 3 aromatic carbocycles. The van der Waals surface area contributed by atoms with E-state index in [1.807, 2.05) is 30.3 Å². The highest BCUT2D eigenvalue weighted by molar-refractivity contribution is 9.10. The second kappa shape index (κ2) is 8.14. The molecule has 4 aromatic rings. The van der Waals surface area contributed by atoms with E-state index < -0.39 is 12.1 Å². The Kier molecular flexibility index (Phi) is 5.08. The zero-order chi connectivity index (χ0) is 23.4. The van der Waals surface area contributed by atoms with E-state index in [0.29, 0.717) is 28.0 Å². The van der Waals surface area contributed by atoms with Gasteiger partial charge in [-0.3, -0.25) is 0 Å². The lowest BCUT2D eigenvalue weighted by Crippen LogP contribution is -2.33. The van der Waals surface area contributed by atoms with Gasteiger partial charge in [0.1, 0.15) is 29.7 Å². The molecule has 3 heterocycles. The maximum Gasteiger partial charge on any atom is 0.226 e. The third-order valence-corrected chi connectivity index (χ3v) is 6.78.